The molecular formula is C13H15ClN2O4. The van der Waals surface area contributed by atoms with Gasteiger partial charge in [-0.2, -0.15) is 0 Å². The van der Waals surface area contributed by atoms with E-state index < -0.39 is 5.97 Å². The number of nitrogens with one attached hydrogen (secondary N) is 1. The lowest BCUT2D eigenvalue weighted by Gasteiger charge is -2.17. The third-order valence-corrected chi connectivity index (χ3v) is 3.61. The second kappa shape index (κ2) is 6.11. The van der Waals surface area contributed by atoms with Gasteiger partial charge in [0, 0.05) is 31.3 Å². The number of carboxylic acid groups (broad SMARTS) is 1. The molecule has 0 bridgehead atoms. The first-order valence-corrected chi connectivity index (χ1v) is 6.58. The van der Waals surface area contributed by atoms with Crippen LogP contribution in [0.5, 0.6) is 0 Å². The second-order valence-corrected chi connectivity index (χ2v) is 5.12. The van der Waals surface area contributed by atoms with E-state index in [4.69, 9.17) is 21.8 Å². The zero-order valence-electron chi connectivity index (χ0n) is 10.7. The molecule has 0 saturated carbocycles. The number of benzene rings is 1. The molecule has 0 radical (unpaired) electrons. The molecule has 1 aromatic carbocycles. The number of aromatic carboxylic acids is 1. The van der Waals surface area contributed by atoms with Crippen molar-refractivity contribution in [2.75, 3.05) is 25.0 Å². The Morgan fingerprint density at radius 1 is 1.45 bits per heavy atom. The molecule has 3 N–H and O–H groups in total. The van der Waals surface area contributed by atoms with Crippen molar-refractivity contribution < 1.29 is 19.8 Å². The SMILES string of the molecule is O=C(O)c1cc(NC(=O)N2CCC(CO)C2)ccc1Cl. The van der Waals surface area contributed by atoms with Gasteiger partial charge in [0.25, 0.3) is 0 Å². The van der Waals surface area contributed by atoms with Gasteiger partial charge in [0.15, 0.2) is 0 Å². The zero-order chi connectivity index (χ0) is 14.7. The van der Waals surface area contributed by atoms with Crippen LogP contribution in [0.15, 0.2) is 18.2 Å². The fourth-order valence-corrected chi connectivity index (χ4v) is 2.33. The molecule has 6 nitrogen and oxygen atoms in total. The number of carbonyl (C=O) groups is 2. The van der Waals surface area contributed by atoms with Gasteiger partial charge in [0.05, 0.1) is 10.6 Å². The number of aliphatic hydroxyl groups excluding tert-OH is 1. The summed E-state index contributed by atoms with van der Waals surface area (Å²) in [5.41, 5.74) is 0.323. The van der Waals surface area contributed by atoms with E-state index in [1.807, 2.05) is 0 Å². The van der Waals surface area contributed by atoms with Crippen LogP contribution in [0.2, 0.25) is 5.02 Å². The van der Waals surface area contributed by atoms with Gasteiger partial charge in [-0.1, -0.05) is 11.6 Å². The number of halogens is 1. The fraction of sp³-hybridized carbons (Fsp3) is 0.385. The molecule has 1 aliphatic rings. The van der Waals surface area contributed by atoms with E-state index in [0.29, 0.717) is 18.8 Å². The number of aliphatic hydroxyl groups is 1. The standard InChI is InChI=1S/C13H15ClN2O4/c14-11-2-1-9(5-10(11)12(18)19)15-13(20)16-4-3-8(6-16)7-17/h1-2,5,8,17H,3-4,6-7H2,(H,15,20)(H,18,19). The van der Waals surface area contributed by atoms with E-state index in [9.17, 15) is 9.59 Å². The van der Waals surface area contributed by atoms with Gasteiger partial charge in [-0.3, -0.25) is 0 Å². The van der Waals surface area contributed by atoms with Crippen LogP contribution in [0.1, 0.15) is 16.8 Å². The smallest absolute Gasteiger partial charge is 0.337 e. The molecule has 1 aliphatic heterocycles. The number of anilines is 1. The van der Waals surface area contributed by atoms with E-state index in [1.54, 1.807) is 11.0 Å². The predicted molar refractivity (Wildman–Crippen MR) is 74.2 cm³/mol. The number of rotatable bonds is 3. The van der Waals surface area contributed by atoms with Crippen LogP contribution in [0.3, 0.4) is 0 Å². The highest BCUT2D eigenvalue weighted by atomic mass is 35.5. The molecule has 0 aliphatic carbocycles. The number of amides is 2. The molecule has 20 heavy (non-hydrogen) atoms. The number of carbonyl (C=O) groups excluding carboxylic acids is 1. The molecule has 2 rings (SSSR count). The van der Waals surface area contributed by atoms with Gasteiger partial charge >= 0.3 is 12.0 Å². The molecule has 0 spiro atoms. The number of hydrogen-bond acceptors (Lipinski definition) is 3. The van der Waals surface area contributed by atoms with Gasteiger partial charge in [-0.05, 0) is 24.6 Å². The lowest BCUT2D eigenvalue weighted by molar-refractivity contribution is 0.0697. The Balaban J connectivity index is 2.05. The fourth-order valence-electron chi connectivity index (χ4n) is 2.14. The van der Waals surface area contributed by atoms with Crippen molar-refractivity contribution in [2.45, 2.75) is 6.42 Å². The molecule has 1 fully saturated rings. The van der Waals surface area contributed by atoms with Crippen LogP contribution < -0.4 is 5.32 Å². The Hall–Kier alpha value is -1.79. The highest BCUT2D eigenvalue weighted by Crippen LogP contribution is 2.22. The highest BCUT2D eigenvalue weighted by molar-refractivity contribution is 6.33. The number of nitrogens with zero attached hydrogens (tertiary/aromatic N) is 1. The van der Waals surface area contributed by atoms with E-state index in [2.05, 4.69) is 5.32 Å². The topological polar surface area (TPSA) is 89.9 Å². The number of likely N-dealkylation sites (tertiary alicyclic amines) is 1. The molecule has 1 saturated heterocycles. The first-order chi connectivity index (χ1) is 9.51. The Bertz CT molecular complexity index is 535. The molecular weight excluding hydrogens is 284 g/mol. The van der Waals surface area contributed by atoms with E-state index in [0.717, 1.165) is 6.42 Å². The van der Waals surface area contributed by atoms with Gasteiger partial charge < -0.3 is 20.4 Å². The first-order valence-electron chi connectivity index (χ1n) is 6.21. The lowest BCUT2D eigenvalue weighted by atomic mass is 10.1. The van der Waals surface area contributed by atoms with Crippen molar-refractivity contribution in [3.8, 4) is 0 Å². The number of hydrogen-bond donors (Lipinski definition) is 3. The van der Waals surface area contributed by atoms with Crippen molar-refractivity contribution >= 4 is 29.3 Å². The molecule has 0 aromatic heterocycles. The average Bonchev–Trinajstić information content (AvgIpc) is 2.89. The van der Waals surface area contributed by atoms with Crippen LogP contribution in [-0.2, 0) is 0 Å². The molecule has 1 aromatic rings. The summed E-state index contributed by atoms with van der Waals surface area (Å²) in [6.07, 6.45) is 0.769. The summed E-state index contributed by atoms with van der Waals surface area (Å²) < 4.78 is 0. The lowest BCUT2D eigenvalue weighted by Crippen LogP contribution is -2.33. The van der Waals surface area contributed by atoms with Crippen molar-refractivity contribution in [2.24, 2.45) is 5.92 Å². The van der Waals surface area contributed by atoms with Crippen LogP contribution in [0.25, 0.3) is 0 Å². The molecule has 1 unspecified atom stereocenters. The van der Waals surface area contributed by atoms with Crippen molar-refractivity contribution in [1.29, 1.82) is 0 Å². The van der Waals surface area contributed by atoms with E-state index >= 15 is 0 Å². The Morgan fingerprint density at radius 3 is 2.80 bits per heavy atom. The number of urea groups is 1. The third-order valence-electron chi connectivity index (χ3n) is 3.28. The van der Waals surface area contributed by atoms with Crippen LogP contribution >= 0.6 is 11.6 Å². The largest absolute Gasteiger partial charge is 0.478 e. The highest BCUT2D eigenvalue weighted by Gasteiger charge is 2.25. The number of carboxylic acids is 1. The minimum Gasteiger partial charge on any atom is -0.478 e. The third kappa shape index (κ3) is 3.20. The van der Waals surface area contributed by atoms with Crippen LogP contribution in [-0.4, -0.2) is 46.8 Å². The molecule has 1 atom stereocenters. The molecule has 2 amide bonds. The average molecular weight is 299 g/mol. The van der Waals surface area contributed by atoms with Crippen molar-refractivity contribution in [3.63, 3.8) is 0 Å². The second-order valence-electron chi connectivity index (χ2n) is 4.71. The summed E-state index contributed by atoms with van der Waals surface area (Å²) >= 11 is 5.76. The van der Waals surface area contributed by atoms with E-state index in [1.165, 1.54) is 12.1 Å². The Morgan fingerprint density at radius 2 is 2.20 bits per heavy atom. The van der Waals surface area contributed by atoms with Gasteiger partial charge in [-0.15, -0.1) is 0 Å². The monoisotopic (exact) mass is 298 g/mol. The molecule has 1 heterocycles. The predicted octanol–water partition coefficient (Wildman–Crippen LogP) is 1.88. The Kier molecular flexibility index (Phi) is 4.46. The van der Waals surface area contributed by atoms with Gasteiger partial charge in [-0.25, -0.2) is 9.59 Å². The summed E-state index contributed by atoms with van der Waals surface area (Å²) in [5.74, 6) is -1.03. The summed E-state index contributed by atoms with van der Waals surface area (Å²) in [4.78, 5) is 24.6. The zero-order valence-corrected chi connectivity index (χ0v) is 11.4. The molecule has 108 valence electrons. The van der Waals surface area contributed by atoms with Crippen LogP contribution in [0, 0.1) is 5.92 Å². The maximum atomic E-state index is 12.0. The van der Waals surface area contributed by atoms with Gasteiger partial charge in [0.1, 0.15) is 0 Å². The Labute approximate surface area is 121 Å². The normalized spacial score (nSPS) is 18.1. The summed E-state index contributed by atoms with van der Waals surface area (Å²) in [7, 11) is 0. The summed E-state index contributed by atoms with van der Waals surface area (Å²) in [6, 6.07) is 4.00. The minimum atomic E-state index is -1.15. The maximum absolute atomic E-state index is 12.0. The van der Waals surface area contributed by atoms with E-state index in [-0.39, 0.29) is 29.1 Å². The van der Waals surface area contributed by atoms with Crippen molar-refractivity contribution in [1.82, 2.24) is 4.90 Å². The maximum Gasteiger partial charge on any atom is 0.337 e. The van der Waals surface area contributed by atoms with Gasteiger partial charge in [0.2, 0.25) is 0 Å². The summed E-state index contributed by atoms with van der Waals surface area (Å²) in [5, 5.41) is 20.8. The minimum absolute atomic E-state index is 0.0564. The molecule has 7 heteroatoms. The summed E-state index contributed by atoms with van der Waals surface area (Å²) in [6.45, 7) is 1.14. The quantitative estimate of drug-likeness (QED) is 0.795. The first kappa shape index (κ1) is 14.6. The van der Waals surface area contributed by atoms with Crippen LogP contribution in [0.4, 0.5) is 10.5 Å². The van der Waals surface area contributed by atoms with Crippen molar-refractivity contribution in [3.05, 3.63) is 28.8 Å².